The third kappa shape index (κ3) is 2.87. The number of fused-ring (bicyclic) bond motifs is 7. The zero-order chi connectivity index (χ0) is 27.4. The molecule has 0 N–H and O–H groups in total. The van der Waals surface area contributed by atoms with Crippen molar-refractivity contribution in [1.82, 2.24) is 4.57 Å². The third-order valence-corrected chi connectivity index (χ3v) is 10.3. The summed E-state index contributed by atoms with van der Waals surface area (Å²) >= 11 is 1.90. The van der Waals surface area contributed by atoms with Crippen molar-refractivity contribution in [3.05, 3.63) is 140 Å². The van der Waals surface area contributed by atoms with Gasteiger partial charge in [0.05, 0.1) is 11.0 Å². The molecule has 0 bridgehead atoms. The molecular formula is C40H23NS. The molecule has 0 amide bonds. The van der Waals surface area contributed by atoms with Crippen LogP contribution in [0, 0.1) is 0 Å². The standard InChI is InChI=1S/C40H23NS/c1-2-11-27(12-3-1)41-34-17-8-14-29(31-16-7-15-30-28-13-4-5-18-35(28)42-40(30)31)38(34)33-23-26-20-19-24-9-6-10-25-21-22-32(39(33)41)37(26)36(24)25/h1-23H. The molecule has 0 saturated carbocycles. The molecule has 42 heavy (non-hydrogen) atoms. The zero-order valence-electron chi connectivity index (χ0n) is 22.6. The van der Waals surface area contributed by atoms with Crippen LogP contribution < -0.4 is 0 Å². The lowest BCUT2D eigenvalue weighted by Gasteiger charge is -2.14. The highest BCUT2D eigenvalue weighted by Gasteiger charge is 2.22. The summed E-state index contributed by atoms with van der Waals surface area (Å²) in [5.74, 6) is 0. The summed E-state index contributed by atoms with van der Waals surface area (Å²) in [4.78, 5) is 0. The van der Waals surface area contributed by atoms with Crippen LogP contribution in [0.5, 0.6) is 0 Å². The van der Waals surface area contributed by atoms with Gasteiger partial charge < -0.3 is 4.57 Å². The van der Waals surface area contributed by atoms with E-state index in [1.54, 1.807) is 0 Å². The SMILES string of the molecule is c1ccc(-n2c3cccc(-c4cccc5c4sc4ccccc45)c3c3cc4ccc5cccc6ccc(c4c56)c32)cc1. The van der Waals surface area contributed by atoms with Crippen LogP contribution in [0.25, 0.3) is 91.1 Å². The molecule has 10 rings (SSSR count). The van der Waals surface area contributed by atoms with Gasteiger partial charge in [-0.3, -0.25) is 0 Å². The Bertz CT molecular complexity index is 2660. The molecule has 0 aliphatic rings. The summed E-state index contributed by atoms with van der Waals surface area (Å²) in [5, 5.41) is 13.2. The molecule has 0 unspecified atom stereocenters. The first kappa shape index (κ1) is 22.5. The van der Waals surface area contributed by atoms with E-state index in [1.165, 1.54) is 91.1 Å². The molecule has 1 nitrogen and oxygen atoms in total. The number of rotatable bonds is 2. The van der Waals surface area contributed by atoms with Crippen LogP contribution in [-0.4, -0.2) is 4.57 Å². The van der Waals surface area contributed by atoms with Crippen LogP contribution in [0.3, 0.4) is 0 Å². The molecule has 2 aromatic heterocycles. The first-order valence-electron chi connectivity index (χ1n) is 14.4. The van der Waals surface area contributed by atoms with Gasteiger partial charge in [-0.1, -0.05) is 109 Å². The molecule has 0 saturated heterocycles. The average Bonchev–Trinajstić information content (AvgIpc) is 3.60. The molecule has 2 heteroatoms. The summed E-state index contributed by atoms with van der Waals surface area (Å²) in [6, 6.07) is 51.6. The summed E-state index contributed by atoms with van der Waals surface area (Å²) in [6.45, 7) is 0. The first-order valence-corrected chi connectivity index (χ1v) is 15.3. The number of thiophene rings is 1. The van der Waals surface area contributed by atoms with E-state index in [0.717, 1.165) is 0 Å². The summed E-state index contributed by atoms with van der Waals surface area (Å²) in [6.07, 6.45) is 0. The van der Waals surface area contributed by atoms with E-state index in [-0.39, 0.29) is 0 Å². The molecule has 2 heterocycles. The molecule has 0 aliphatic carbocycles. The number of para-hydroxylation sites is 1. The number of benzene rings is 8. The molecule has 0 spiro atoms. The van der Waals surface area contributed by atoms with Crippen molar-refractivity contribution in [3.63, 3.8) is 0 Å². The second kappa shape index (κ2) is 8.19. The van der Waals surface area contributed by atoms with Gasteiger partial charge in [0.1, 0.15) is 0 Å². The normalized spacial score (nSPS) is 12.3. The van der Waals surface area contributed by atoms with Gasteiger partial charge in [0.15, 0.2) is 0 Å². The maximum atomic E-state index is 2.49. The number of hydrogen-bond donors (Lipinski definition) is 0. The van der Waals surface area contributed by atoms with Crippen LogP contribution in [0.15, 0.2) is 140 Å². The first-order chi connectivity index (χ1) is 20.8. The second-order valence-corrected chi connectivity index (χ2v) is 12.3. The van der Waals surface area contributed by atoms with Crippen LogP contribution in [0.1, 0.15) is 0 Å². The highest BCUT2D eigenvalue weighted by atomic mass is 32.1. The van der Waals surface area contributed by atoms with E-state index in [1.807, 2.05) is 11.3 Å². The van der Waals surface area contributed by atoms with E-state index in [0.29, 0.717) is 0 Å². The minimum absolute atomic E-state index is 1.18. The van der Waals surface area contributed by atoms with Gasteiger partial charge in [0, 0.05) is 47.6 Å². The Labute approximate surface area is 245 Å². The van der Waals surface area contributed by atoms with Crippen molar-refractivity contribution in [2.45, 2.75) is 0 Å². The minimum atomic E-state index is 1.18. The van der Waals surface area contributed by atoms with Gasteiger partial charge in [-0.25, -0.2) is 0 Å². The number of hydrogen-bond acceptors (Lipinski definition) is 1. The Morgan fingerprint density at radius 3 is 2.05 bits per heavy atom. The molecule has 194 valence electrons. The van der Waals surface area contributed by atoms with Crippen molar-refractivity contribution in [1.29, 1.82) is 0 Å². The fourth-order valence-electron chi connectivity index (χ4n) is 7.39. The fraction of sp³-hybridized carbons (Fsp3) is 0. The quantitative estimate of drug-likeness (QED) is 0.189. The minimum Gasteiger partial charge on any atom is -0.309 e. The molecule has 0 atom stereocenters. The maximum absolute atomic E-state index is 2.49. The smallest absolute Gasteiger partial charge is 0.0620 e. The van der Waals surface area contributed by atoms with Gasteiger partial charge in [-0.05, 0) is 62.8 Å². The van der Waals surface area contributed by atoms with Gasteiger partial charge in [0.25, 0.3) is 0 Å². The Morgan fingerprint density at radius 2 is 1.14 bits per heavy atom. The Morgan fingerprint density at radius 1 is 0.429 bits per heavy atom. The van der Waals surface area contributed by atoms with E-state index < -0.39 is 0 Å². The maximum Gasteiger partial charge on any atom is 0.0620 e. The van der Waals surface area contributed by atoms with Gasteiger partial charge in [-0.2, -0.15) is 0 Å². The van der Waals surface area contributed by atoms with Gasteiger partial charge >= 0.3 is 0 Å². The lowest BCUT2D eigenvalue weighted by Crippen LogP contribution is -1.94. The van der Waals surface area contributed by atoms with Gasteiger partial charge in [-0.15, -0.1) is 11.3 Å². The van der Waals surface area contributed by atoms with E-state index in [2.05, 4.69) is 144 Å². The third-order valence-electron chi connectivity index (χ3n) is 9.10. The van der Waals surface area contributed by atoms with Crippen molar-refractivity contribution >= 4 is 85.6 Å². The van der Waals surface area contributed by atoms with E-state index >= 15 is 0 Å². The fourth-order valence-corrected chi connectivity index (χ4v) is 8.62. The van der Waals surface area contributed by atoms with Crippen LogP contribution in [0.2, 0.25) is 0 Å². The molecule has 0 radical (unpaired) electrons. The van der Waals surface area contributed by atoms with Crippen molar-refractivity contribution < 1.29 is 0 Å². The summed E-state index contributed by atoms with van der Waals surface area (Å²) in [5.41, 5.74) is 6.29. The molecular weight excluding hydrogens is 527 g/mol. The Hall–Kier alpha value is -5.18. The molecule has 10 aromatic rings. The predicted octanol–water partition coefficient (Wildman–Crippen LogP) is 11.7. The highest BCUT2D eigenvalue weighted by Crippen LogP contribution is 2.47. The van der Waals surface area contributed by atoms with E-state index in [9.17, 15) is 0 Å². The van der Waals surface area contributed by atoms with Crippen molar-refractivity contribution in [3.8, 4) is 16.8 Å². The average molecular weight is 550 g/mol. The summed E-state index contributed by atoms with van der Waals surface area (Å²) < 4.78 is 5.18. The topological polar surface area (TPSA) is 4.93 Å². The Balaban J connectivity index is 1.44. The molecule has 0 fully saturated rings. The van der Waals surface area contributed by atoms with Crippen molar-refractivity contribution in [2.75, 3.05) is 0 Å². The molecule has 8 aromatic carbocycles. The van der Waals surface area contributed by atoms with Gasteiger partial charge in [0.2, 0.25) is 0 Å². The predicted molar refractivity (Wildman–Crippen MR) is 183 cm³/mol. The number of aromatic nitrogens is 1. The zero-order valence-corrected chi connectivity index (χ0v) is 23.5. The van der Waals surface area contributed by atoms with E-state index in [4.69, 9.17) is 0 Å². The van der Waals surface area contributed by atoms with Crippen LogP contribution in [0.4, 0.5) is 0 Å². The number of nitrogens with zero attached hydrogens (tertiary/aromatic N) is 1. The highest BCUT2D eigenvalue weighted by molar-refractivity contribution is 7.26. The lowest BCUT2D eigenvalue weighted by atomic mass is 9.91. The van der Waals surface area contributed by atoms with Crippen LogP contribution in [-0.2, 0) is 0 Å². The lowest BCUT2D eigenvalue weighted by molar-refractivity contribution is 1.19. The Kier molecular flexibility index (Phi) is 4.39. The largest absolute Gasteiger partial charge is 0.309 e. The second-order valence-electron chi connectivity index (χ2n) is 11.3. The van der Waals surface area contributed by atoms with Crippen LogP contribution >= 0.6 is 11.3 Å². The van der Waals surface area contributed by atoms with Crippen molar-refractivity contribution in [2.24, 2.45) is 0 Å². The summed E-state index contributed by atoms with van der Waals surface area (Å²) in [7, 11) is 0. The molecule has 0 aliphatic heterocycles. The monoisotopic (exact) mass is 549 g/mol.